The molecule has 2 heterocycles. The van der Waals surface area contributed by atoms with Crippen molar-refractivity contribution in [3.8, 4) is 0 Å². The monoisotopic (exact) mass is 259 g/mol. The van der Waals surface area contributed by atoms with Crippen LogP contribution in [0.5, 0.6) is 0 Å². The van der Waals surface area contributed by atoms with E-state index in [2.05, 4.69) is 0 Å². The molecule has 0 spiro atoms. The van der Waals surface area contributed by atoms with E-state index in [1.807, 2.05) is 43.3 Å². The SMILES string of the molecule is CN(C)c1ccc(C(=O)C2CC3CCC(C2)O3)cc1. The standard InChI is InChI=1S/C16H21NO2/c1-17(2)13-5-3-11(4-6-13)16(18)12-9-14-7-8-15(10-12)19-14/h3-6,12,14-15H,7-10H2,1-2H3. The van der Waals surface area contributed by atoms with E-state index in [1.54, 1.807) is 0 Å². The Kier molecular flexibility index (Phi) is 3.31. The minimum absolute atomic E-state index is 0.163. The van der Waals surface area contributed by atoms with Crippen molar-refractivity contribution in [3.05, 3.63) is 29.8 Å². The first-order chi connectivity index (χ1) is 9.13. The molecule has 19 heavy (non-hydrogen) atoms. The lowest BCUT2D eigenvalue weighted by atomic mass is 9.88. The average Bonchev–Trinajstić information content (AvgIpc) is 2.76. The predicted molar refractivity (Wildman–Crippen MR) is 75.7 cm³/mol. The molecule has 2 aliphatic heterocycles. The molecule has 2 atom stereocenters. The third-order valence-electron chi connectivity index (χ3n) is 4.33. The summed E-state index contributed by atoms with van der Waals surface area (Å²) >= 11 is 0. The third kappa shape index (κ3) is 2.52. The fraction of sp³-hybridized carbons (Fsp3) is 0.562. The Morgan fingerprint density at radius 2 is 1.68 bits per heavy atom. The summed E-state index contributed by atoms with van der Waals surface area (Å²) in [6.07, 6.45) is 4.74. The molecule has 0 radical (unpaired) electrons. The lowest BCUT2D eigenvalue weighted by molar-refractivity contribution is -0.0149. The number of rotatable bonds is 3. The summed E-state index contributed by atoms with van der Waals surface area (Å²) < 4.78 is 5.81. The van der Waals surface area contributed by atoms with Crippen LogP contribution in [0.15, 0.2) is 24.3 Å². The predicted octanol–water partition coefficient (Wildman–Crippen LogP) is 2.89. The van der Waals surface area contributed by atoms with Crippen LogP contribution in [0.2, 0.25) is 0 Å². The number of benzene rings is 1. The van der Waals surface area contributed by atoms with Crippen LogP contribution < -0.4 is 4.90 Å². The van der Waals surface area contributed by atoms with Crippen molar-refractivity contribution in [2.75, 3.05) is 19.0 Å². The van der Waals surface area contributed by atoms with Gasteiger partial charge < -0.3 is 9.64 Å². The van der Waals surface area contributed by atoms with Crippen molar-refractivity contribution in [1.82, 2.24) is 0 Å². The summed E-state index contributed by atoms with van der Waals surface area (Å²) in [4.78, 5) is 14.6. The van der Waals surface area contributed by atoms with Crippen LogP contribution in [-0.4, -0.2) is 32.1 Å². The zero-order chi connectivity index (χ0) is 13.4. The fourth-order valence-electron chi connectivity index (χ4n) is 3.23. The van der Waals surface area contributed by atoms with Crippen LogP contribution in [-0.2, 0) is 4.74 Å². The average molecular weight is 259 g/mol. The highest BCUT2D eigenvalue weighted by molar-refractivity contribution is 5.98. The van der Waals surface area contributed by atoms with Crippen molar-refractivity contribution in [1.29, 1.82) is 0 Å². The Hall–Kier alpha value is -1.35. The second-order valence-corrected chi connectivity index (χ2v) is 5.93. The first-order valence-corrected chi connectivity index (χ1v) is 7.10. The van der Waals surface area contributed by atoms with Crippen LogP contribution in [0.25, 0.3) is 0 Å². The molecule has 3 nitrogen and oxygen atoms in total. The maximum atomic E-state index is 12.5. The maximum Gasteiger partial charge on any atom is 0.166 e. The molecule has 2 saturated heterocycles. The molecule has 2 unspecified atom stereocenters. The Morgan fingerprint density at radius 3 is 2.21 bits per heavy atom. The smallest absolute Gasteiger partial charge is 0.166 e. The van der Waals surface area contributed by atoms with Gasteiger partial charge in [-0.1, -0.05) is 0 Å². The van der Waals surface area contributed by atoms with Gasteiger partial charge in [0.15, 0.2) is 5.78 Å². The van der Waals surface area contributed by atoms with Gasteiger partial charge in [0.1, 0.15) is 0 Å². The highest BCUT2D eigenvalue weighted by Crippen LogP contribution is 2.37. The molecule has 0 N–H and O–H groups in total. The number of carbonyl (C=O) groups is 1. The minimum atomic E-state index is 0.163. The number of anilines is 1. The van der Waals surface area contributed by atoms with Crippen molar-refractivity contribution in [2.24, 2.45) is 5.92 Å². The number of ketones is 1. The number of carbonyl (C=O) groups excluding carboxylic acids is 1. The highest BCUT2D eigenvalue weighted by Gasteiger charge is 2.38. The summed E-state index contributed by atoms with van der Waals surface area (Å²) in [6, 6.07) is 7.94. The Bertz CT molecular complexity index is 454. The number of nitrogens with zero attached hydrogens (tertiary/aromatic N) is 1. The van der Waals surface area contributed by atoms with Crippen LogP contribution in [0.1, 0.15) is 36.0 Å². The van der Waals surface area contributed by atoms with Crippen LogP contribution in [0.3, 0.4) is 0 Å². The molecule has 2 aliphatic rings. The van der Waals surface area contributed by atoms with Gasteiger partial charge in [-0.2, -0.15) is 0 Å². The number of Topliss-reactive ketones (excluding diaryl/α,β-unsaturated/α-hetero) is 1. The Labute approximate surface area is 114 Å². The minimum Gasteiger partial charge on any atom is -0.378 e. The number of fused-ring (bicyclic) bond motifs is 2. The van der Waals surface area contributed by atoms with E-state index in [9.17, 15) is 4.79 Å². The first-order valence-electron chi connectivity index (χ1n) is 7.10. The molecule has 2 bridgehead atoms. The molecule has 0 saturated carbocycles. The molecule has 1 aromatic carbocycles. The molecule has 0 amide bonds. The Morgan fingerprint density at radius 1 is 1.11 bits per heavy atom. The van der Waals surface area contributed by atoms with E-state index in [-0.39, 0.29) is 5.92 Å². The molecule has 3 heteroatoms. The molecular weight excluding hydrogens is 238 g/mol. The number of hydrogen-bond acceptors (Lipinski definition) is 3. The van der Waals surface area contributed by atoms with E-state index in [0.717, 1.165) is 36.9 Å². The summed E-state index contributed by atoms with van der Waals surface area (Å²) in [5, 5.41) is 0. The van der Waals surface area contributed by atoms with Gasteiger partial charge in [0.2, 0.25) is 0 Å². The van der Waals surface area contributed by atoms with Gasteiger partial charge in [-0.15, -0.1) is 0 Å². The molecule has 2 fully saturated rings. The molecule has 0 aliphatic carbocycles. The van der Waals surface area contributed by atoms with E-state index in [4.69, 9.17) is 4.74 Å². The van der Waals surface area contributed by atoms with Crippen LogP contribution in [0.4, 0.5) is 5.69 Å². The summed E-state index contributed by atoms with van der Waals surface area (Å²) in [7, 11) is 4.01. The lowest BCUT2D eigenvalue weighted by Crippen LogP contribution is -2.30. The maximum absolute atomic E-state index is 12.5. The van der Waals surface area contributed by atoms with Crippen LogP contribution >= 0.6 is 0 Å². The van der Waals surface area contributed by atoms with Gasteiger partial charge in [0.25, 0.3) is 0 Å². The van der Waals surface area contributed by atoms with E-state index >= 15 is 0 Å². The largest absolute Gasteiger partial charge is 0.378 e. The van der Waals surface area contributed by atoms with Gasteiger partial charge in [-0.3, -0.25) is 4.79 Å². The summed E-state index contributed by atoms with van der Waals surface area (Å²) in [5.41, 5.74) is 1.97. The van der Waals surface area contributed by atoms with Crippen molar-refractivity contribution in [3.63, 3.8) is 0 Å². The van der Waals surface area contributed by atoms with E-state index in [1.165, 1.54) is 0 Å². The number of ether oxygens (including phenoxy) is 1. The fourth-order valence-corrected chi connectivity index (χ4v) is 3.23. The normalized spacial score (nSPS) is 29.3. The molecule has 0 aromatic heterocycles. The zero-order valence-corrected chi connectivity index (χ0v) is 11.6. The molecule has 1 aromatic rings. The van der Waals surface area contributed by atoms with Crippen molar-refractivity contribution < 1.29 is 9.53 Å². The van der Waals surface area contributed by atoms with Gasteiger partial charge in [-0.25, -0.2) is 0 Å². The highest BCUT2D eigenvalue weighted by atomic mass is 16.5. The zero-order valence-electron chi connectivity index (χ0n) is 11.6. The molecule has 102 valence electrons. The molecule has 3 rings (SSSR count). The van der Waals surface area contributed by atoms with Crippen LogP contribution in [0, 0.1) is 5.92 Å². The van der Waals surface area contributed by atoms with Gasteiger partial charge >= 0.3 is 0 Å². The van der Waals surface area contributed by atoms with Gasteiger partial charge in [-0.05, 0) is 49.9 Å². The van der Waals surface area contributed by atoms with Gasteiger partial charge in [0.05, 0.1) is 12.2 Å². The van der Waals surface area contributed by atoms with Crippen molar-refractivity contribution >= 4 is 11.5 Å². The number of hydrogen-bond donors (Lipinski definition) is 0. The van der Waals surface area contributed by atoms with Crippen molar-refractivity contribution in [2.45, 2.75) is 37.9 Å². The summed E-state index contributed by atoms with van der Waals surface area (Å²) in [5.74, 6) is 0.460. The second-order valence-electron chi connectivity index (χ2n) is 5.93. The van der Waals surface area contributed by atoms with E-state index in [0.29, 0.717) is 18.0 Å². The molecular formula is C16H21NO2. The Balaban J connectivity index is 1.73. The van der Waals surface area contributed by atoms with E-state index < -0.39 is 0 Å². The third-order valence-corrected chi connectivity index (χ3v) is 4.33. The first kappa shape index (κ1) is 12.7. The van der Waals surface area contributed by atoms with Gasteiger partial charge in [0, 0.05) is 31.3 Å². The summed E-state index contributed by atoms with van der Waals surface area (Å²) in [6.45, 7) is 0. The topological polar surface area (TPSA) is 29.5 Å². The lowest BCUT2D eigenvalue weighted by Gasteiger charge is -2.27. The second kappa shape index (κ2) is 4.97. The quantitative estimate of drug-likeness (QED) is 0.782.